The molecule has 0 radical (unpaired) electrons. The molecule has 4 nitrogen and oxygen atoms in total. The van der Waals surface area contributed by atoms with Crippen molar-refractivity contribution >= 4 is 27.3 Å². The van der Waals surface area contributed by atoms with Crippen molar-refractivity contribution in [2.45, 2.75) is 18.4 Å². The summed E-state index contributed by atoms with van der Waals surface area (Å²) in [5.74, 6) is -0.810. The van der Waals surface area contributed by atoms with Crippen LogP contribution in [0.1, 0.15) is 11.1 Å². The molecule has 0 amide bonds. The Morgan fingerprint density at radius 1 is 1.24 bits per heavy atom. The van der Waals surface area contributed by atoms with Gasteiger partial charge < -0.3 is 5.73 Å². The lowest BCUT2D eigenvalue weighted by Crippen LogP contribution is -2.16. The second kappa shape index (κ2) is 6.01. The Balaban J connectivity index is 2.46. The van der Waals surface area contributed by atoms with Gasteiger partial charge in [0.1, 0.15) is 0 Å². The van der Waals surface area contributed by atoms with E-state index in [9.17, 15) is 12.8 Å². The molecule has 0 aliphatic carbocycles. The van der Waals surface area contributed by atoms with Gasteiger partial charge in [0.2, 0.25) is 0 Å². The number of halogens is 2. The maximum Gasteiger partial charge on any atom is 0.262 e. The van der Waals surface area contributed by atoms with Crippen molar-refractivity contribution in [3.63, 3.8) is 0 Å². The number of hydrogen-bond acceptors (Lipinski definition) is 3. The van der Waals surface area contributed by atoms with Gasteiger partial charge in [-0.05, 0) is 36.2 Å². The van der Waals surface area contributed by atoms with E-state index in [1.165, 1.54) is 24.3 Å². The molecule has 0 heterocycles. The number of sulfonamides is 1. The maximum atomic E-state index is 13.8. The predicted molar refractivity (Wildman–Crippen MR) is 81.3 cm³/mol. The van der Waals surface area contributed by atoms with Gasteiger partial charge in [-0.3, -0.25) is 4.72 Å². The Labute approximate surface area is 127 Å². The quantitative estimate of drug-likeness (QED) is 0.906. The Bertz CT molecular complexity index is 779. The molecule has 0 fully saturated rings. The fourth-order valence-corrected chi connectivity index (χ4v) is 3.48. The third-order valence-electron chi connectivity index (χ3n) is 3.10. The molecule has 0 aliphatic rings. The van der Waals surface area contributed by atoms with Crippen LogP contribution < -0.4 is 10.5 Å². The van der Waals surface area contributed by atoms with Crippen LogP contribution in [0.2, 0.25) is 5.02 Å². The first-order chi connectivity index (χ1) is 9.86. The molecule has 3 N–H and O–H groups in total. The average molecular weight is 329 g/mol. The second-order valence-electron chi connectivity index (χ2n) is 4.45. The lowest BCUT2D eigenvalue weighted by molar-refractivity contribution is 0.598. The van der Waals surface area contributed by atoms with E-state index in [-0.39, 0.29) is 22.2 Å². The highest BCUT2D eigenvalue weighted by Gasteiger charge is 2.20. The maximum absolute atomic E-state index is 13.8. The number of anilines is 1. The van der Waals surface area contributed by atoms with Crippen LogP contribution in [0, 0.1) is 12.7 Å². The SMILES string of the molecule is Cc1c(CN)cccc1S(=O)(=O)Nc1cccc(Cl)c1F. The molecule has 21 heavy (non-hydrogen) atoms. The molecule has 0 saturated heterocycles. The molecular weight excluding hydrogens is 315 g/mol. The number of hydrogen-bond donors (Lipinski definition) is 2. The van der Waals surface area contributed by atoms with Crippen LogP contribution in [0.3, 0.4) is 0 Å². The Morgan fingerprint density at radius 3 is 2.57 bits per heavy atom. The normalized spacial score (nSPS) is 11.4. The molecule has 7 heteroatoms. The molecule has 2 aromatic rings. The van der Waals surface area contributed by atoms with Gasteiger partial charge in [-0.25, -0.2) is 12.8 Å². The van der Waals surface area contributed by atoms with Gasteiger partial charge in [-0.1, -0.05) is 29.8 Å². The first-order valence-corrected chi connectivity index (χ1v) is 7.98. The van der Waals surface area contributed by atoms with Crippen molar-refractivity contribution in [2.24, 2.45) is 5.73 Å². The highest BCUT2D eigenvalue weighted by atomic mass is 35.5. The van der Waals surface area contributed by atoms with E-state index in [4.69, 9.17) is 17.3 Å². The van der Waals surface area contributed by atoms with E-state index < -0.39 is 15.8 Å². The Morgan fingerprint density at radius 2 is 1.90 bits per heavy atom. The summed E-state index contributed by atoms with van der Waals surface area (Å²) in [5.41, 5.74) is 6.62. The summed E-state index contributed by atoms with van der Waals surface area (Å²) in [5, 5.41) is -0.150. The van der Waals surface area contributed by atoms with E-state index in [1.807, 2.05) is 0 Å². The molecule has 0 atom stereocenters. The number of rotatable bonds is 4. The van der Waals surface area contributed by atoms with E-state index in [1.54, 1.807) is 19.1 Å². The minimum atomic E-state index is -3.92. The standard InChI is InChI=1S/C14H14ClFN2O2S/c1-9-10(8-17)4-2-7-13(9)21(19,20)18-12-6-3-5-11(15)14(12)16/h2-7,18H,8,17H2,1H3. The zero-order valence-corrected chi connectivity index (χ0v) is 12.8. The van der Waals surface area contributed by atoms with Crippen LogP contribution in [0.25, 0.3) is 0 Å². The Kier molecular flexibility index (Phi) is 4.51. The number of nitrogens with two attached hydrogens (primary N) is 1. The smallest absolute Gasteiger partial charge is 0.262 e. The van der Waals surface area contributed by atoms with Gasteiger partial charge in [-0.2, -0.15) is 0 Å². The summed E-state index contributed by atoms with van der Waals surface area (Å²) >= 11 is 5.64. The monoisotopic (exact) mass is 328 g/mol. The molecule has 0 unspecified atom stereocenters. The van der Waals surface area contributed by atoms with Gasteiger partial charge in [0.25, 0.3) is 10.0 Å². The summed E-state index contributed by atoms with van der Waals surface area (Å²) in [4.78, 5) is 0.0600. The number of nitrogens with one attached hydrogen (secondary N) is 1. The van der Waals surface area contributed by atoms with Crippen LogP contribution in [0.5, 0.6) is 0 Å². The molecular formula is C14H14ClFN2O2S. The number of benzene rings is 2. The third kappa shape index (κ3) is 3.18. The van der Waals surface area contributed by atoms with E-state index in [2.05, 4.69) is 4.72 Å². The highest BCUT2D eigenvalue weighted by molar-refractivity contribution is 7.92. The first-order valence-electron chi connectivity index (χ1n) is 6.12. The highest BCUT2D eigenvalue weighted by Crippen LogP contribution is 2.26. The summed E-state index contributed by atoms with van der Waals surface area (Å²) in [6, 6.07) is 8.90. The van der Waals surface area contributed by atoms with Gasteiger partial charge in [-0.15, -0.1) is 0 Å². The summed E-state index contributed by atoms with van der Waals surface area (Å²) < 4.78 is 40.8. The van der Waals surface area contributed by atoms with Crippen LogP contribution in [-0.4, -0.2) is 8.42 Å². The summed E-state index contributed by atoms with van der Waals surface area (Å²) in [6.45, 7) is 1.88. The second-order valence-corrected chi connectivity index (χ2v) is 6.51. The van der Waals surface area contributed by atoms with Crippen LogP contribution in [0.15, 0.2) is 41.3 Å². The Hall–Kier alpha value is -1.63. The first kappa shape index (κ1) is 15.8. The predicted octanol–water partition coefficient (Wildman–Crippen LogP) is 3.05. The fourth-order valence-electron chi connectivity index (χ4n) is 1.95. The topological polar surface area (TPSA) is 72.2 Å². The largest absolute Gasteiger partial charge is 0.326 e. The van der Waals surface area contributed by atoms with Crippen molar-refractivity contribution < 1.29 is 12.8 Å². The van der Waals surface area contributed by atoms with Crippen molar-refractivity contribution in [3.8, 4) is 0 Å². The van der Waals surface area contributed by atoms with Crippen molar-refractivity contribution in [2.75, 3.05) is 4.72 Å². The molecule has 0 aliphatic heterocycles. The van der Waals surface area contributed by atoms with Gasteiger partial charge >= 0.3 is 0 Å². The van der Waals surface area contributed by atoms with Gasteiger partial charge in [0, 0.05) is 6.54 Å². The minimum Gasteiger partial charge on any atom is -0.326 e. The molecule has 0 saturated carbocycles. The van der Waals surface area contributed by atoms with Crippen LogP contribution >= 0.6 is 11.6 Å². The van der Waals surface area contributed by atoms with E-state index >= 15 is 0 Å². The summed E-state index contributed by atoms with van der Waals surface area (Å²) in [7, 11) is -3.92. The molecule has 112 valence electrons. The van der Waals surface area contributed by atoms with Crippen molar-refractivity contribution in [1.29, 1.82) is 0 Å². The van der Waals surface area contributed by atoms with E-state index in [0.29, 0.717) is 11.1 Å². The van der Waals surface area contributed by atoms with Crippen molar-refractivity contribution in [1.82, 2.24) is 0 Å². The third-order valence-corrected chi connectivity index (χ3v) is 4.90. The molecule has 0 aromatic heterocycles. The minimum absolute atomic E-state index is 0.0600. The summed E-state index contributed by atoms with van der Waals surface area (Å²) in [6.07, 6.45) is 0. The van der Waals surface area contributed by atoms with Gasteiger partial charge in [0.15, 0.2) is 5.82 Å². The fraction of sp³-hybridized carbons (Fsp3) is 0.143. The lowest BCUT2D eigenvalue weighted by Gasteiger charge is -2.13. The zero-order chi connectivity index (χ0) is 15.6. The van der Waals surface area contributed by atoms with Crippen molar-refractivity contribution in [3.05, 3.63) is 58.4 Å². The van der Waals surface area contributed by atoms with Crippen LogP contribution in [0.4, 0.5) is 10.1 Å². The lowest BCUT2D eigenvalue weighted by atomic mass is 10.1. The zero-order valence-electron chi connectivity index (χ0n) is 11.2. The molecule has 0 spiro atoms. The molecule has 2 rings (SSSR count). The van der Waals surface area contributed by atoms with Crippen LogP contribution in [-0.2, 0) is 16.6 Å². The molecule has 0 bridgehead atoms. The molecule has 2 aromatic carbocycles. The van der Waals surface area contributed by atoms with E-state index in [0.717, 1.165) is 0 Å². The van der Waals surface area contributed by atoms with Gasteiger partial charge in [0.05, 0.1) is 15.6 Å². The average Bonchev–Trinajstić information content (AvgIpc) is 2.44.